The highest BCUT2D eigenvalue weighted by atomic mass is 19.2. The second-order valence-corrected chi connectivity index (χ2v) is 7.68. The molecule has 192 valence electrons. The standard InChI is InChI=1S/C26H12F10O/c27-15-13(16(28)20(32)23(35)19(15)31)25(11-7-3-1-4-8-11)37-26(12-9-5-2-6-10-12)14-17(29)21(33)24(36)22(34)18(14)30/h1-10,25-26H. The van der Waals surface area contributed by atoms with Crippen molar-refractivity contribution in [1.82, 2.24) is 0 Å². The van der Waals surface area contributed by atoms with E-state index < -0.39 is 81.5 Å². The largest absolute Gasteiger partial charge is 0.356 e. The lowest BCUT2D eigenvalue weighted by atomic mass is 9.96. The van der Waals surface area contributed by atoms with Gasteiger partial charge in [-0.2, -0.15) is 0 Å². The van der Waals surface area contributed by atoms with Crippen LogP contribution < -0.4 is 0 Å². The molecule has 0 saturated carbocycles. The fourth-order valence-electron chi connectivity index (χ4n) is 3.72. The van der Waals surface area contributed by atoms with E-state index in [0.29, 0.717) is 0 Å². The van der Waals surface area contributed by atoms with Crippen LogP contribution in [0.25, 0.3) is 0 Å². The highest BCUT2D eigenvalue weighted by molar-refractivity contribution is 5.38. The van der Waals surface area contributed by atoms with Crippen molar-refractivity contribution in [3.63, 3.8) is 0 Å². The van der Waals surface area contributed by atoms with E-state index in [1.807, 2.05) is 0 Å². The Morgan fingerprint density at radius 3 is 0.865 bits per heavy atom. The zero-order valence-corrected chi connectivity index (χ0v) is 18.1. The molecule has 0 aromatic heterocycles. The monoisotopic (exact) mass is 530 g/mol. The maximum Gasteiger partial charge on any atom is 0.200 e. The minimum atomic E-state index is -2.47. The average molecular weight is 530 g/mol. The molecule has 0 radical (unpaired) electrons. The van der Waals surface area contributed by atoms with Gasteiger partial charge in [0.25, 0.3) is 0 Å². The van der Waals surface area contributed by atoms with Crippen molar-refractivity contribution >= 4 is 0 Å². The van der Waals surface area contributed by atoms with Crippen LogP contribution in [0.15, 0.2) is 60.7 Å². The Morgan fingerprint density at radius 2 is 0.595 bits per heavy atom. The highest BCUT2D eigenvalue weighted by Crippen LogP contribution is 2.41. The van der Waals surface area contributed by atoms with Gasteiger partial charge in [-0.1, -0.05) is 60.7 Å². The van der Waals surface area contributed by atoms with Crippen LogP contribution in [0.2, 0.25) is 0 Å². The molecule has 4 aromatic rings. The number of rotatable bonds is 6. The first kappa shape index (κ1) is 26.2. The fourth-order valence-corrected chi connectivity index (χ4v) is 3.72. The topological polar surface area (TPSA) is 9.23 Å². The van der Waals surface area contributed by atoms with Crippen LogP contribution in [0, 0.1) is 58.2 Å². The van der Waals surface area contributed by atoms with E-state index in [4.69, 9.17) is 4.74 Å². The van der Waals surface area contributed by atoms with Crippen LogP contribution in [-0.2, 0) is 4.74 Å². The number of hydrogen-bond donors (Lipinski definition) is 0. The number of hydrogen-bond acceptors (Lipinski definition) is 1. The van der Waals surface area contributed by atoms with Gasteiger partial charge in [0, 0.05) is 0 Å². The zero-order chi connectivity index (χ0) is 27.0. The van der Waals surface area contributed by atoms with Crippen LogP contribution in [-0.4, -0.2) is 0 Å². The van der Waals surface area contributed by atoms with Gasteiger partial charge in [-0.25, -0.2) is 43.9 Å². The molecule has 0 spiro atoms. The summed E-state index contributed by atoms with van der Waals surface area (Å²) in [5, 5.41) is 0. The molecule has 11 heteroatoms. The molecule has 0 amide bonds. The predicted octanol–water partition coefficient (Wildman–Crippen LogP) is 7.97. The molecule has 0 aliphatic rings. The van der Waals surface area contributed by atoms with E-state index in [9.17, 15) is 43.9 Å². The molecule has 2 unspecified atom stereocenters. The Bertz CT molecular complexity index is 1290. The Morgan fingerprint density at radius 1 is 0.351 bits per heavy atom. The molecule has 4 rings (SSSR count). The van der Waals surface area contributed by atoms with Gasteiger partial charge in [-0.05, 0) is 11.1 Å². The second-order valence-electron chi connectivity index (χ2n) is 7.68. The molecule has 0 aliphatic heterocycles. The van der Waals surface area contributed by atoms with Crippen LogP contribution in [0.3, 0.4) is 0 Å². The highest BCUT2D eigenvalue weighted by Gasteiger charge is 2.37. The maximum absolute atomic E-state index is 14.8. The van der Waals surface area contributed by atoms with Gasteiger partial charge in [-0.15, -0.1) is 0 Å². The van der Waals surface area contributed by atoms with Crippen LogP contribution in [0.5, 0.6) is 0 Å². The average Bonchev–Trinajstić information content (AvgIpc) is 2.92. The quantitative estimate of drug-likeness (QED) is 0.140. The predicted molar refractivity (Wildman–Crippen MR) is 110 cm³/mol. The molecule has 0 bridgehead atoms. The zero-order valence-electron chi connectivity index (χ0n) is 18.1. The fraction of sp³-hybridized carbons (Fsp3) is 0.0769. The first-order valence-electron chi connectivity index (χ1n) is 10.3. The summed E-state index contributed by atoms with van der Waals surface area (Å²) in [6, 6.07) is 12.6. The summed E-state index contributed by atoms with van der Waals surface area (Å²) in [4.78, 5) is 0. The summed E-state index contributed by atoms with van der Waals surface area (Å²) >= 11 is 0. The van der Waals surface area contributed by atoms with E-state index in [1.54, 1.807) is 0 Å². The number of benzene rings is 4. The van der Waals surface area contributed by atoms with Gasteiger partial charge >= 0.3 is 0 Å². The second kappa shape index (κ2) is 10.3. The third-order valence-electron chi connectivity index (χ3n) is 5.49. The maximum atomic E-state index is 14.8. The van der Waals surface area contributed by atoms with E-state index >= 15 is 0 Å². The van der Waals surface area contributed by atoms with Gasteiger partial charge in [0.2, 0.25) is 11.6 Å². The van der Waals surface area contributed by atoms with Crippen LogP contribution >= 0.6 is 0 Å². The smallest absolute Gasteiger partial charge is 0.200 e. The summed E-state index contributed by atoms with van der Waals surface area (Å²) in [6.07, 6.45) is -4.52. The lowest BCUT2D eigenvalue weighted by Crippen LogP contribution is -2.21. The Labute approximate surface area is 202 Å². The van der Waals surface area contributed by atoms with Gasteiger partial charge in [-0.3, -0.25) is 0 Å². The summed E-state index contributed by atoms with van der Waals surface area (Å²) in [6.45, 7) is 0. The number of ether oxygens (including phenoxy) is 1. The van der Waals surface area contributed by atoms with Crippen molar-refractivity contribution in [2.24, 2.45) is 0 Å². The van der Waals surface area contributed by atoms with Crippen molar-refractivity contribution in [3.05, 3.63) is 141 Å². The molecular weight excluding hydrogens is 518 g/mol. The molecule has 2 atom stereocenters. The molecule has 37 heavy (non-hydrogen) atoms. The van der Waals surface area contributed by atoms with E-state index in [0.717, 1.165) is 24.3 Å². The van der Waals surface area contributed by atoms with Crippen molar-refractivity contribution in [2.45, 2.75) is 12.2 Å². The van der Waals surface area contributed by atoms with Crippen LogP contribution in [0.4, 0.5) is 43.9 Å². The number of halogens is 10. The molecule has 0 heterocycles. The van der Waals surface area contributed by atoms with E-state index in [-0.39, 0.29) is 11.1 Å². The summed E-state index contributed by atoms with van der Waals surface area (Å²) in [5.41, 5.74) is -3.58. The van der Waals surface area contributed by atoms with Crippen molar-refractivity contribution in [2.75, 3.05) is 0 Å². The van der Waals surface area contributed by atoms with Crippen molar-refractivity contribution in [1.29, 1.82) is 0 Å². The van der Waals surface area contributed by atoms with Gasteiger partial charge < -0.3 is 4.74 Å². The Balaban J connectivity index is 2.02. The summed E-state index contributed by atoms with van der Waals surface area (Å²) < 4.78 is 148. The SMILES string of the molecule is Fc1c(F)c(F)c(C(OC(c2ccccc2)c2c(F)c(F)c(F)c(F)c2F)c2ccccc2)c(F)c1F. The van der Waals surface area contributed by atoms with Gasteiger partial charge in [0.05, 0.1) is 11.1 Å². The first-order chi connectivity index (χ1) is 17.6. The van der Waals surface area contributed by atoms with Gasteiger partial charge in [0.1, 0.15) is 12.2 Å². The minimum Gasteiger partial charge on any atom is -0.356 e. The third-order valence-corrected chi connectivity index (χ3v) is 5.49. The van der Waals surface area contributed by atoms with Crippen LogP contribution in [0.1, 0.15) is 34.5 Å². The lowest BCUT2D eigenvalue weighted by Gasteiger charge is -2.28. The normalized spacial score (nSPS) is 13.0. The Hall–Kier alpha value is -3.86. The Kier molecular flexibility index (Phi) is 7.26. The summed E-state index contributed by atoms with van der Waals surface area (Å²) in [7, 11) is 0. The van der Waals surface area contributed by atoms with Gasteiger partial charge in [0.15, 0.2) is 46.5 Å². The molecule has 4 aromatic carbocycles. The van der Waals surface area contributed by atoms with Crippen molar-refractivity contribution in [3.8, 4) is 0 Å². The summed E-state index contributed by atoms with van der Waals surface area (Å²) in [5.74, 6) is -23.5. The molecule has 0 fully saturated rings. The molecule has 0 aliphatic carbocycles. The molecular formula is C26H12F10O. The molecule has 0 N–H and O–H groups in total. The molecule has 1 nitrogen and oxygen atoms in total. The van der Waals surface area contributed by atoms with E-state index in [2.05, 4.69) is 0 Å². The lowest BCUT2D eigenvalue weighted by molar-refractivity contribution is 0.0210. The van der Waals surface area contributed by atoms with Crippen molar-refractivity contribution < 1.29 is 48.6 Å². The van der Waals surface area contributed by atoms with E-state index in [1.165, 1.54) is 36.4 Å². The first-order valence-corrected chi connectivity index (χ1v) is 10.3. The molecule has 0 saturated heterocycles. The minimum absolute atomic E-state index is 0.254. The third kappa shape index (κ3) is 4.55.